The van der Waals surface area contributed by atoms with Gasteiger partial charge in [0.15, 0.2) is 0 Å². The van der Waals surface area contributed by atoms with Gasteiger partial charge in [-0.25, -0.2) is 4.98 Å². The number of aliphatic hydroxyl groups is 1. The minimum atomic E-state index is -0.302. The Hall–Kier alpha value is -0.830. The highest BCUT2D eigenvalue weighted by Crippen LogP contribution is 2.06. The van der Waals surface area contributed by atoms with E-state index in [0.29, 0.717) is 6.54 Å². The molecular formula is C10H18N2O. The fourth-order valence-corrected chi connectivity index (χ4v) is 1.41. The predicted molar refractivity (Wildman–Crippen MR) is 52.7 cm³/mol. The smallest absolute Gasteiger partial charge is 0.108 e. The van der Waals surface area contributed by atoms with Crippen LogP contribution in [0, 0.1) is 0 Å². The monoisotopic (exact) mass is 182 g/mol. The highest BCUT2D eigenvalue weighted by atomic mass is 16.3. The molecule has 1 aromatic rings. The van der Waals surface area contributed by atoms with E-state index < -0.39 is 0 Å². The normalized spacial score (nSPS) is 13.2. The van der Waals surface area contributed by atoms with Gasteiger partial charge in [0.2, 0.25) is 0 Å². The summed E-state index contributed by atoms with van der Waals surface area (Å²) in [5, 5.41) is 9.26. The molecule has 0 amide bonds. The standard InChI is InChI=1S/C10H18N2O/c1-4-9-7-12(6-8(3)13)10(5-2)11-9/h7-8,13H,4-6H2,1-3H3. The highest BCUT2D eigenvalue weighted by Gasteiger charge is 2.06. The van der Waals surface area contributed by atoms with Gasteiger partial charge in [0, 0.05) is 19.2 Å². The van der Waals surface area contributed by atoms with E-state index in [1.54, 1.807) is 6.92 Å². The van der Waals surface area contributed by atoms with Gasteiger partial charge in [-0.15, -0.1) is 0 Å². The summed E-state index contributed by atoms with van der Waals surface area (Å²) in [6, 6.07) is 0. The average Bonchev–Trinajstić information content (AvgIpc) is 2.46. The highest BCUT2D eigenvalue weighted by molar-refractivity contribution is 5.04. The lowest BCUT2D eigenvalue weighted by Crippen LogP contribution is -2.13. The number of aliphatic hydroxyl groups excluding tert-OH is 1. The summed E-state index contributed by atoms with van der Waals surface area (Å²) in [7, 11) is 0. The van der Waals surface area contributed by atoms with Gasteiger partial charge >= 0.3 is 0 Å². The van der Waals surface area contributed by atoms with Gasteiger partial charge in [-0.2, -0.15) is 0 Å². The predicted octanol–water partition coefficient (Wildman–Crippen LogP) is 1.39. The van der Waals surface area contributed by atoms with E-state index in [0.717, 1.165) is 24.4 Å². The van der Waals surface area contributed by atoms with E-state index in [9.17, 15) is 5.11 Å². The Kier molecular flexibility index (Phi) is 3.48. The molecule has 0 radical (unpaired) electrons. The second-order valence-corrected chi connectivity index (χ2v) is 3.36. The van der Waals surface area contributed by atoms with Crippen LogP contribution in [0.5, 0.6) is 0 Å². The minimum absolute atomic E-state index is 0.302. The molecule has 0 saturated carbocycles. The van der Waals surface area contributed by atoms with E-state index in [1.807, 2.05) is 10.8 Å². The minimum Gasteiger partial charge on any atom is -0.392 e. The van der Waals surface area contributed by atoms with Gasteiger partial charge in [0.1, 0.15) is 5.82 Å². The Labute approximate surface area is 79.4 Å². The quantitative estimate of drug-likeness (QED) is 0.764. The van der Waals surface area contributed by atoms with Crippen LogP contribution in [-0.4, -0.2) is 20.8 Å². The lowest BCUT2D eigenvalue weighted by Gasteiger charge is -2.07. The molecule has 74 valence electrons. The van der Waals surface area contributed by atoms with Crippen LogP contribution in [0.3, 0.4) is 0 Å². The third kappa shape index (κ3) is 2.56. The lowest BCUT2D eigenvalue weighted by atomic mass is 10.3. The first-order valence-corrected chi connectivity index (χ1v) is 4.90. The molecule has 0 bridgehead atoms. The third-order valence-electron chi connectivity index (χ3n) is 2.05. The van der Waals surface area contributed by atoms with Crippen LogP contribution in [-0.2, 0) is 19.4 Å². The Bertz CT molecular complexity index is 266. The fraction of sp³-hybridized carbons (Fsp3) is 0.700. The summed E-state index contributed by atoms with van der Waals surface area (Å²) < 4.78 is 2.05. The van der Waals surface area contributed by atoms with Crippen molar-refractivity contribution < 1.29 is 5.11 Å². The Balaban J connectivity index is 2.84. The molecule has 0 aliphatic rings. The zero-order valence-electron chi connectivity index (χ0n) is 8.62. The molecule has 0 aliphatic carbocycles. The van der Waals surface area contributed by atoms with Gasteiger partial charge in [-0.1, -0.05) is 13.8 Å². The summed E-state index contributed by atoms with van der Waals surface area (Å²) in [6.07, 6.45) is 3.61. The van der Waals surface area contributed by atoms with Crippen LogP contribution >= 0.6 is 0 Å². The number of hydrogen-bond acceptors (Lipinski definition) is 2. The molecule has 0 aromatic carbocycles. The van der Waals surface area contributed by atoms with E-state index in [2.05, 4.69) is 18.8 Å². The van der Waals surface area contributed by atoms with Crippen molar-refractivity contribution >= 4 is 0 Å². The first-order valence-electron chi connectivity index (χ1n) is 4.90. The number of aryl methyl sites for hydroxylation is 2. The van der Waals surface area contributed by atoms with Gasteiger partial charge in [-0.05, 0) is 13.3 Å². The molecule has 1 N–H and O–H groups in total. The second-order valence-electron chi connectivity index (χ2n) is 3.36. The molecule has 3 nitrogen and oxygen atoms in total. The van der Waals surface area contributed by atoms with E-state index in [1.165, 1.54) is 0 Å². The van der Waals surface area contributed by atoms with Crippen LogP contribution in [0.2, 0.25) is 0 Å². The Morgan fingerprint density at radius 3 is 2.62 bits per heavy atom. The summed E-state index contributed by atoms with van der Waals surface area (Å²) in [5.41, 5.74) is 1.11. The zero-order chi connectivity index (χ0) is 9.84. The van der Waals surface area contributed by atoms with Crippen molar-refractivity contribution in [3.05, 3.63) is 17.7 Å². The molecule has 0 fully saturated rings. The van der Waals surface area contributed by atoms with E-state index in [4.69, 9.17) is 0 Å². The fourth-order valence-electron chi connectivity index (χ4n) is 1.41. The number of imidazole rings is 1. The molecule has 0 spiro atoms. The van der Waals surface area contributed by atoms with Crippen LogP contribution < -0.4 is 0 Å². The van der Waals surface area contributed by atoms with Crippen molar-refractivity contribution in [2.24, 2.45) is 0 Å². The summed E-state index contributed by atoms with van der Waals surface area (Å²) in [6.45, 7) is 6.62. The zero-order valence-corrected chi connectivity index (χ0v) is 8.62. The van der Waals surface area contributed by atoms with Crippen molar-refractivity contribution in [2.45, 2.75) is 46.3 Å². The molecule has 1 rings (SSSR count). The first-order chi connectivity index (χ1) is 6.17. The van der Waals surface area contributed by atoms with E-state index >= 15 is 0 Å². The van der Waals surface area contributed by atoms with Gasteiger partial charge in [0.25, 0.3) is 0 Å². The first kappa shape index (κ1) is 10.3. The summed E-state index contributed by atoms with van der Waals surface area (Å²) >= 11 is 0. The maximum atomic E-state index is 9.26. The molecule has 1 atom stereocenters. The average molecular weight is 182 g/mol. The number of rotatable bonds is 4. The molecular weight excluding hydrogens is 164 g/mol. The molecule has 13 heavy (non-hydrogen) atoms. The van der Waals surface area contributed by atoms with Crippen molar-refractivity contribution in [3.63, 3.8) is 0 Å². The molecule has 3 heteroatoms. The van der Waals surface area contributed by atoms with Gasteiger partial charge in [-0.3, -0.25) is 0 Å². The van der Waals surface area contributed by atoms with E-state index in [-0.39, 0.29) is 6.10 Å². The molecule has 0 saturated heterocycles. The molecule has 0 aliphatic heterocycles. The Morgan fingerprint density at radius 1 is 1.46 bits per heavy atom. The van der Waals surface area contributed by atoms with Crippen molar-refractivity contribution in [1.29, 1.82) is 0 Å². The van der Waals surface area contributed by atoms with Crippen molar-refractivity contribution in [3.8, 4) is 0 Å². The number of hydrogen-bond donors (Lipinski definition) is 1. The van der Waals surface area contributed by atoms with Crippen molar-refractivity contribution in [2.75, 3.05) is 0 Å². The maximum Gasteiger partial charge on any atom is 0.108 e. The number of aromatic nitrogens is 2. The van der Waals surface area contributed by atoms with Crippen LogP contribution in [0.1, 0.15) is 32.3 Å². The molecule has 1 unspecified atom stereocenters. The molecule has 1 aromatic heterocycles. The summed E-state index contributed by atoms with van der Waals surface area (Å²) in [4.78, 5) is 4.45. The van der Waals surface area contributed by atoms with Crippen molar-refractivity contribution in [1.82, 2.24) is 9.55 Å². The van der Waals surface area contributed by atoms with Crippen LogP contribution in [0.4, 0.5) is 0 Å². The van der Waals surface area contributed by atoms with Gasteiger partial charge in [0.05, 0.1) is 11.8 Å². The largest absolute Gasteiger partial charge is 0.392 e. The Morgan fingerprint density at radius 2 is 2.15 bits per heavy atom. The number of nitrogens with zero attached hydrogens (tertiary/aromatic N) is 2. The topological polar surface area (TPSA) is 38.0 Å². The third-order valence-corrected chi connectivity index (χ3v) is 2.05. The molecule has 1 heterocycles. The van der Waals surface area contributed by atoms with Gasteiger partial charge < -0.3 is 9.67 Å². The van der Waals surface area contributed by atoms with Crippen LogP contribution in [0.25, 0.3) is 0 Å². The van der Waals surface area contributed by atoms with Crippen LogP contribution in [0.15, 0.2) is 6.20 Å². The summed E-state index contributed by atoms with van der Waals surface area (Å²) in [5.74, 6) is 1.07. The SMILES string of the molecule is CCc1cn(CC(C)O)c(CC)n1. The second kappa shape index (κ2) is 4.42. The maximum absolute atomic E-state index is 9.26. The lowest BCUT2D eigenvalue weighted by molar-refractivity contribution is 0.172.